The minimum atomic E-state index is -0.183. The predicted octanol–water partition coefficient (Wildman–Crippen LogP) is 4.96. The molecule has 2 aliphatic heterocycles. The summed E-state index contributed by atoms with van der Waals surface area (Å²) in [6.07, 6.45) is 3.09. The summed E-state index contributed by atoms with van der Waals surface area (Å²) >= 11 is 6.86. The van der Waals surface area contributed by atoms with Crippen LogP contribution in [0.4, 0.5) is 0 Å². The number of likely N-dealkylation sites (tertiary alicyclic amines) is 1. The summed E-state index contributed by atoms with van der Waals surface area (Å²) < 4.78 is 8.91. The SMILES string of the molecule is CN1CCC(OC2c3ccccc3CCn3c2nc(-c2ccccc2)c3Cl)CC1. The van der Waals surface area contributed by atoms with Gasteiger partial charge in [-0.25, -0.2) is 4.98 Å². The van der Waals surface area contributed by atoms with Gasteiger partial charge in [0.2, 0.25) is 0 Å². The summed E-state index contributed by atoms with van der Waals surface area (Å²) in [5, 5.41) is 0.705. The lowest BCUT2D eigenvalue weighted by Crippen LogP contribution is -2.35. The lowest BCUT2D eigenvalue weighted by Gasteiger charge is -2.32. The van der Waals surface area contributed by atoms with Crippen LogP contribution in [0.1, 0.15) is 35.9 Å². The van der Waals surface area contributed by atoms with Crippen molar-refractivity contribution in [2.75, 3.05) is 20.1 Å². The molecule has 1 fully saturated rings. The first-order valence-corrected chi connectivity index (χ1v) is 10.8. The molecular weight excluding hydrogens is 382 g/mol. The molecule has 0 aliphatic carbocycles. The predicted molar refractivity (Wildman–Crippen MR) is 116 cm³/mol. The molecule has 2 aliphatic rings. The molecule has 5 rings (SSSR count). The van der Waals surface area contributed by atoms with E-state index in [1.807, 2.05) is 18.2 Å². The number of piperidine rings is 1. The maximum absolute atomic E-state index is 6.86. The minimum Gasteiger partial charge on any atom is -0.362 e. The molecule has 3 aromatic rings. The van der Waals surface area contributed by atoms with Gasteiger partial charge >= 0.3 is 0 Å². The normalized spacial score (nSPS) is 20.1. The fraction of sp³-hybridized carbons (Fsp3) is 0.375. The van der Waals surface area contributed by atoms with Crippen molar-refractivity contribution in [3.05, 3.63) is 76.7 Å². The third kappa shape index (κ3) is 3.61. The van der Waals surface area contributed by atoms with Crippen molar-refractivity contribution in [2.24, 2.45) is 0 Å². The lowest BCUT2D eigenvalue weighted by atomic mass is 10.00. The van der Waals surface area contributed by atoms with Gasteiger partial charge in [-0.3, -0.25) is 0 Å². The molecule has 0 bridgehead atoms. The van der Waals surface area contributed by atoms with Crippen molar-refractivity contribution in [3.63, 3.8) is 0 Å². The molecular formula is C24H26ClN3O. The van der Waals surface area contributed by atoms with Gasteiger partial charge in [0, 0.05) is 25.2 Å². The number of aromatic nitrogens is 2. The molecule has 0 spiro atoms. The number of hydrogen-bond acceptors (Lipinski definition) is 3. The summed E-state index contributed by atoms with van der Waals surface area (Å²) in [7, 11) is 2.18. The summed E-state index contributed by atoms with van der Waals surface area (Å²) in [6.45, 7) is 2.96. The molecule has 3 heterocycles. The number of aryl methyl sites for hydroxylation is 1. The zero-order valence-corrected chi connectivity index (χ0v) is 17.5. The Morgan fingerprint density at radius 1 is 0.966 bits per heavy atom. The molecule has 0 N–H and O–H groups in total. The maximum atomic E-state index is 6.86. The second kappa shape index (κ2) is 7.94. The first-order valence-electron chi connectivity index (χ1n) is 10.4. The maximum Gasteiger partial charge on any atom is 0.144 e. The average Bonchev–Trinajstić information content (AvgIpc) is 3.00. The molecule has 0 amide bonds. The Hall–Kier alpha value is -2.14. The Bertz CT molecular complexity index is 993. The van der Waals surface area contributed by atoms with Crippen LogP contribution in [0.5, 0.6) is 0 Å². The number of nitrogens with zero attached hydrogens (tertiary/aromatic N) is 3. The minimum absolute atomic E-state index is 0.183. The monoisotopic (exact) mass is 407 g/mol. The Morgan fingerprint density at radius 3 is 2.48 bits per heavy atom. The van der Waals surface area contributed by atoms with E-state index in [4.69, 9.17) is 21.3 Å². The standard InChI is InChI=1S/C24H26ClN3O/c1-27-14-12-19(13-15-27)29-22-20-10-6-5-7-17(20)11-16-28-23(25)21(26-24(22)28)18-8-3-2-4-9-18/h2-10,19,22H,11-16H2,1H3. The van der Waals surface area contributed by atoms with Crippen LogP contribution in [0.3, 0.4) is 0 Å². The molecule has 2 aromatic carbocycles. The zero-order valence-electron chi connectivity index (χ0n) is 16.7. The highest BCUT2D eigenvalue weighted by molar-refractivity contribution is 6.32. The fourth-order valence-corrected chi connectivity index (χ4v) is 4.80. The molecule has 150 valence electrons. The van der Waals surface area contributed by atoms with Gasteiger partial charge in [-0.05, 0) is 37.4 Å². The van der Waals surface area contributed by atoms with Gasteiger partial charge in [0.25, 0.3) is 0 Å². The summed E-state index contributed by atoms with van der Waals surface area (Å²) in [4.78, 5) is 7.40. The molecule has 1 saturated heterocycles. The lowest BCUT2D eigenvalue weighted by molar-refractivity contribution is -0.0275. The van der Waals surface area contributed by atoms with Crippen LogP contribution in [-0.4, -0.2) is 40.7 Å². The molecule has 0 saturated carbocycles. The van der Waals surface area contributed by atoms with Gasteiger partial charge in [-0.2, -0.15) is 0 Å². The third-order valence-electron chi connectivity index (χ3n) is 6.15. The summed E-state index contributed by atoms with van der Waals surface area (Å²) in [6, 6.07) is 18.8. The Morgan fingerprint density at radius 2 is 1.69 bits per heavy atom. The molecule has 5 heteroatoms. The van der Waals surface area contributed by atoms with E-state index in [0.29, 0.717) is 5.15 Å². The molecule has 1 unspecified atom stereocenters. The summed E-state index contributed by atoms with van der Waals surface area (Å²) in [5.74, 6) is 0.928. The highest BCUT2D eigenvalue weighted by atomic mass is 35.5. The smallest absolute Gasteiger partial charge is 0.144 e. The highest BCUT2D eigenvalue weighted by Gasteiger charge is 2.32. The van der Waals surface area contributed by atoms with Crippen molar-refractivity contribution in [1.82, 2.24) is 14.5 Å². The average molecular weight is 408 g/mol. The van der Waals surface area contributed by atoms with E-state index in [2.05, 4.69) is 52.9 Å². The first kappa shape index (κ1) is 18.9. The van der Waals surface area contributed by atoms with E-state index in [9.17, 15) is 0 Å². The molecule has 1 aromatic heterocycles. The second-order valence-corrected chi connectivity index (χ2v) is 8.45. The number of imidazole rings is 1. The number of benzene rings is 2. The zero-order chi connectivity index (χ0) is 19.8. The van der Waals surface area contributed by atoms with E-state index in [-0.39, 0.29) is 12.2 Å². The van der Waals surface area contributed by atoms with E-state index < -0.39 is 0 Å². The Kier molecular flexibility index (Phi) is 5.17. The molecule has 29 heavy (non-hydrogen) atoms. The van der Waals surface area contributed by atoms with Crippen molar-refractivity contribution in [3.8, 4) is 11.3 Å². The summed E-state index contributed by atoms with van der Waals surface area (Å²) in [5.41, 5.74) is 4.45. The Labute approximate surface area is 177 Å². The van der Waals surface area contributed by atoms with Crippen molar-refractivity contribution < 1.29 is 4.74 Å². The number of halogens is 1. The van der Waals surface area contributed by atoms with Crippen molar-refractivity contribution >= 4 is 11.6 Å². The van der Waals surface area contributed by atoms with Gasteiger partial charge in [0.15, 0.2) is 0 Å². The number of ether oxygens (including phenoxy) is 1. The molecule has 4 nitrogen and oxygen atoms in total. The van der Waals surface area contributed by atoms with Gasteiger partial charge < -0.3 is 14.2 Å². The van der Waals surface area contributed by atoms with E-state index in [1.54, 1.807) is 0 Å². The Balaban J connectivity index is 1.57. The largest absolute Gasteiger partial charge is 0.362 e. The van der Waals surface area contributed by atoms with Gasteiger partial charge in [0.05, 0.1) is 6.10 Å². The number of fused-ring (bicyclic) bond motifs is 2. The topological polar surface area (TPSA) is 30.3 Å². The van der Waals surface area contributed by atoms with Crippen LogP contribution in [0.2, 0.25) is 5.15 Å². The fourth-order valence-electron chi connectivity index (χ4n) is 4.48. The van der Waals surface area contributed by atoms with Gasteiger partial charge in [-0.15, -0.1) is 0 Å². The number of hydrogen-bond donors (Lipinski definition) is 0. The van der Waals surface area contributed by atoms with E-state index in [0.717, 1.165) is 56.0 Å². The third-order valence-corrected chi connectivity index (χ3v) is 6.54. The van der Waals surface area contributed by atoms with E-state index in [1.165, 1.54) is 11.1 Å². The van der Waals surface area contributed by atoms with Gasteiger partial charge in [0.1, 0.15) is 22.8 Å². The first-order chi connectivity index (χ1) is 14.2. The van der Waals surface area contributed by atoms with Crippen molar-refractivity contribution in [1.29, 1.82) is 0 Å². The second-order valence-electron chi connectivity index (χ2n) is 8.09. The van der Waals surface area contributed by atoms with Crippen LogP contribution in [-0.2, 0) is 17.7 Å². The molecule has 0 radical (unpaired) electrons. The van der Waals surface area contributed by atoms with Crippen LogP contribution < -0.4 is 0 Å². The number of rotatable bonds is 3. The van der Waals surface area contributed by atoms with E-state index >= 15 is 0 Å². The molecule has 1 atom stereocenters. The van der Waals surface area contributed by atoms with Crippen LogP contribution in [0.15, 0.2) is 54.6 Å². The quantitative estimate of drug-likeness (QED) is 0.614. The van der Waals surface area contributed by atoms with Crippen LogP contribution in [0, 0.1) is 0 Å². The van der Waals surface area contributed by atoms with Crippen LogP contribution in [0.25, 0.3) is 11.3 Å². The highest BCUT2D eigenvalue weighted by Crippen LogP contribution is 2.39. The van der Waals surface area contributed by atoms with Crippen molar-refractivity contribution in [2.45, 2.75) is 38.0 Å². The van der Waals surface area contributed by atoms with Gasteiger partial charge in [-0.1, -0.05) is 66.2 Å². The van der Waals surface area contributed by atoms with Crippen LogP contribution >= 0.6 is 11.6 Å².